The van der Waals surface area contributed by atoms with Gasteiger partial charge < -0.3 is 4.74 Å². The van der Waals surface area contributed by atoms with Crippen LogP contribution in [0.2, 0.25) is 0 Å². The second-order valence-corrected chi connectivity index (χ2v) is 4.59. The molecule has 2 rings (SSSR count). The Hall–Kier alpha value is -2.39. The van der Waals surface area contributed by atoms with Crippen molar-refractivity contribution in [1.29, 1.82) is 0 Å². The maximum absolute atomic E-state index is 11.9. The fourth-order valence-corrected chi connectivity index (χ4v) is 2.05. The van der Waals surface area contributed by atoms with Crippen LogP contribution in [-0.4, -0.2) is 19.6 Å². The first-order chi connectivity index (χ1) is 10.3. The highest BCUT2D eigenvalue weighted by atomic mass is 16.5. The van der Waals surface area contributed by atoms with Crippen LogP contribution in [0, 0.1) is 0 Å². The second kappa shape index (κ2) is 8.02. The molecular weight excluding hydrogens is 262 g/mol. The van der Waals surface area contributed by atoms with Crippen molar-refractivity contribution >= 4 is 12.0 Å². The van der Waals surface area contributed by atoms with Crippen molar-refractivity contribution in [3.63, 3.8) is 0 Å². The number of nitrogens with one attached hydrogen (secondary N) is 1. The molecule has 0 aromatic heterocycles. The number of carbonyl (C=O) groups is 1. The molecule has 0 saturated heterocycles. The number of ether oxygens (including phenoxy) is 1. The van der Waals surface area contributed by atoms with Crippen LogP contribution < -0.4 is 5.32 Å². The number of hydrogen-bond donors (Lipinski definition) is 1. The van der Waals surface area contributed by atoms with E-state index in [0.29, 0.717) is 6.54 Å². The van der Waals surface area contributed by atoms with Crippen molar-refractivity contribution < 1.29 is 9.53 Å². The number of esters is 1. The molecule has 3 nitrogen and oxygen atoms in total. The number of benzene rings is 2. The van der Waals surface area contributed by atoms with Gasteiger partial charge in [-0.05, 0) is 11.1 Å². The molecule has 0 heterocycles. The molecule has 0 aliphatic heterocycles. The van der Waals surface area contributed by atoms with Crippen molar-refractivity contribution in [2.75, 3.05) is 13.7 Å². The summed E-state index contributed by atoms with van der Waals surface area (Å²) in [6.07, 6.45) is 4.01. The molecule has 0 radical (unpaired) electrons. The van der Waals surface area contributed by atoms with Crippen LogP contribution in [0.4, 0.5) is 0 Å². The van der Waals surface area contributed by atoms with Gasteiger partial charge in [0.25, 0.3) is 0 Å². The van der Waals surface area contributed by atoms with Gasteiger partial charge in [0.05, 0.1) is 7.11 Å². The Kier molecular flexibility index (Phi) is 5.73. The summed E-state index contributed by atoms with van der Waals surface area (Å²) in [5.41, 5.74) is 2.03. The molecule has 3 heteroatoms. The van der Waals surface area contributed by atoms with Gasteiger partial charge in [-0.25, -0.2) is 4.79 Å². The molecule has 0 aliphatic rings. The van der Waals surface area contributed by atoms with E-state index in [1.165, 1.54) is 7.11 Å². The van der Waals surface area contributed by atoms with E-state index >= 15 is 0 Å². The van der Waals surface area contributed by atoms with Crippen LogP contribution >= 0.6 is 0 Å². The average molecular weight is 281 g/mol. The maximum Gasteiger partial charge on any atom is 0.327 e. The average Bonchev–Trinajstić information content (AvgIpc) is 2.56. The van der Waals surface area contributed by atoms with E-state index in [1.54, 1.807) is 0 Å². The highest BCUT2D eigenvalue weighted by Gasteiger charge is 2.19. The Morgan fingerprint density at radius 1 is 1.10 bits per heavy atom. The van der Waals surface area contributed by atoms with E-state index in [-0.39, 0.29) is 5.97 Å². The third-order valence-electron chi connectivity index (χ3n) is 3.12. The monoisotopic (exact) mass is 281 g/mol. The van der Waals surface area contributed by atoms with Crippen molar-refractivity contribution in [3.05, 3.63) is 77.9 Å². The van der Waals surface area contributed by atoms with Crippen molar-refractivity contribution in [1.82, 2.24) is 5.32 Å². The lowest BCUT2D eigenvalue weighted by Crippen LogP contribution is -2.29. The minimum absolute atomic E-state index is 0.283. The van der Waals surface area contributed by atoms with Gasteiger partial charge in [-0.15, -0.1) is 0 Å². The summed E-state index contributed by atoms with van der Waals surface area (Å²) in [4.78, 5) is 11.9. The highest BCUT2D eigenvalue weighted by Crippen LogP contribution is 2.13. The van der Waals surface area contributed by atoms with Crippen LogP contribution in [0.25, 0.3) is 6.08 Å². The minimum Gasteiger partial charge on any atom is -0.468 e. The zero-order valence-electron chi connectivity index (χ0n) is 12.0. The molecule has 2 aromatic carbocycles. The maximum atomic E-state index is 11.9. The van der Waals surface area contributed by atoms with Crippen LogP contribution in [-0.2, 0) is 9.53 Å². The Labute approximate surface area is 125 Å². The summed E-state index contributed by atoms with van der Waals surface area (Å²) in [5.74, 6) is -0.283. The minimum atomic E-state index is -0.448. The van der Waals surface area contributed by atoms with E-state index in [0.717, 1.165) is 11.1 Å². The molecule has 0 saturated carbocycles. The summed E-state index contributed by atoms with van der Waals surface area (Å²) in [6, 6.07) is 19.2. The summed E-state index contributed by atoms with van der Waals surface area (Å²) in [7, 11) is 1.40. The third kappa shape index (κ3) is 4.58. The van der Waals surface area contributed by atoms with Crippen molar-refractivity contribution in [3.8, 4) is 0 Å². The van der Waals surface area contributed by atoms with E-state index in [2.05, 4.69) is 5.32 Å². The highest BCUT2D eigenvalue weighted by molar-refractivity contribution is 5.77. The van der Waals surface area contributed by atoms with Gasteiger partial charge >= 0.3 is 5.97 Å². The lowest BCUT2D eigenvalue weighted by atomic mass is 10.1. The van der Waals surface area contributed by atoms with Crippen LogP contribution in [0.15, 0.2) is 66.7 Å². The fourth-order valence-electron chi connectivity index (χ4n) is 2.05. The summed E-state index contributed by atoms with van der Waals surface area (Å²) in [6.45, 7) is 0.587. The Bertz CT molecular complexity index is 579. The normalized spacial score (nSPS) is 12.2. The second-order valence-electron chi connectivity index (χ2n) is 4.59. The van der Waals surface area contributed by atoms with Gasteiger partial charge in [0.15, 0.2) is 0 Å². The molecule has 0 bridgehead atoms. The first kappa shape index (κ1) is 15.0. The third-order valence-corrected chi connectivity index (χ3v) is 3.12. The molecule has 108 valence electrons. The smallest absolute Gasteiger partial charge is 0.327 e. The fraction of sp³-hybridized carbons (Fsp3) is 0.167. The van der Waals surface area contributed by atoms with Crippen LogP contribution in [0.1, 0.15) is 17.2 Å². The molecule has 21 heavy (non-hydrogen) atoms. The number of methoxy groups -OCH3 is 1. The predicted octanol–water partition coefficient (Wildman–Crippen LogP) is 3.20. The van der Waals surface area contributed by atoms with E-state index in [4.69, 9.17) is 4.74 Å². The zero-order chi connectivity index (χ0) is 14.9. The molecule has 1 N–H and O–H groups in total. The topological polar surface area (TPSA) is 38.3 Å². The SMILES string of the molecule is COC(=O)[C@@H](NC/C=C/c1ccccc1)c1ccccc1. The molecule has 0 spiro atoms. The van der Waals surface area contributed by atoms with Gasteiger partial charge in [-0.2, -0.15) is 0 Å². The molecule has 0 aliphatic carbocycles. The van der Waals surface area contributed by atoms with E-state index in [9.17, 15) is 4.79 Å². The van der Waals surface area contributed by atoms with Crippen LogP contribution in [0.5, 0.6) is 0 Å². The quantitative estimate of drug-likeness (QED) is 0.826. The lowest BCUT2D eigenvalue weighted by Gasteiger charge is -2.15. The number of carbonyl (C=O) groups excluding carboxylic acids is 1. The Balaban J connectivity index is 1.97. The van der Waals surface area contributed by atoms with Crippen molar-refractivity contribution in [2.24, 2.45) is 0 Å². The summed E-state index contributed by atoms with van der Waals surface area (Å²) >= 11 is 0. The molecular formula is C18H19NO2. The zero-order valence-corrected chi connectivity index (χ0v) is 12.0. The van der Waals surface area contributed by atoms with Gasteiger partial charge in [0, 0.05) is 6.54 Å². The van der Waals surface area contributed by atoms with Crippen molar-refractivity contribution in [2.45, 2.75) is 6.04 Å². The first-order valence-corrected chi connectivity index (χ1v) is 6.89. The van der Waals surface area contributed by atoms with Gasteiger partial charge in [0.2, 0.25) is 0 Å². The molecule has 0 unspecified atom stereocenters. The van der Waals surface area contributed by atoms with Gasteiger partial charge in [0.1, 0.15) is 6.04 Å². The lowest BCUT2D eigenvalue weighted by molar-refractivity contribution is -0.143. The van der Waals surface area contributed by atoms with E-state index in [1.807, 2.05) is 72.8 Å². The largest absolute Gasteiger partial charge is 0.468 e. The van der Waals surface area contributed by atoms with E-state index < -0.39 is 6.04 Å². The molecule has 0 amide bonds. The standard InChI is InChI=1S/C18H19NO2/c1-21-18(20)17(16-12-6-3-7-13-16)19-14-8-11-15-9-4-2-5-10-15/h2-13,17,19H,14H2,1H3/b11-8+/t17-/m0/s1. The first-order valence-electron chi connectivity index (χ1n) is 6.89. The summed E-state index contributed by atoms with van der Waals surface area (Å²) in [5, 5.41) is 3.20. The number of rotatable bonds is 6. The van der Waals surface area contributed by atoms with Crippen LogP contribution in [0.3, 0.4) is 0 Å². The number of hydrogen-bond acceptors (Lipinski definition) is 3. The molecule has 0 fully saturated rings. The van der Waals surface area contributed by atoms with Gasteiger partial charge in [-0.1, -0.05) is 72.8 Å². The Morgan fingerprint density at radius 3 is 2.33 bits per heavy atom. The predicted molar refractivity (Wildman–Crippen MR) is 84.7 cm³/mol. The molecule has 2 aromatic rings. The Morgan fingerprint density at radius 2 is 1.71 bits per heavy atom. The summed E-state index contributed by atoms with van der Waals surface area (Å²) < 4.78 is 4.86. The molecule has 1 atom stereocenters. The van der Waals surface area contributed by atoms with Gasteiger partial charge in [-0.3, -0.25) is 5.32 Å².